The standard InChI is InChI=1S/C8H5N3OS2/c1-14(12)8-11-7-6(13-8)2-5(3-9)4-10-7/h2,4H,1H3. The van der Waals surface area contributed by atoms with E-state index >= 15 is 0 Å². The number of hydrogen-bond donors (Lipinski definition) is 0. The Morgan fingerprint density at radius 1 is 1.64 bits per heavy atom. The molecule has 2 rings (SSSR count). The van der Waals surface area contributed by atoms with E-state index in [0.717, 1.165) is 4.70 Å². The summed E-state index contributed by atoms with van der Waals surface area (Å²) in [5, 5.41) is 8.65. The van der Waals surface area contributed by atoms with E-state index in [9.17, 15) is 4.55 Å². The Labute approximate surface area is 87.4 Å². The molecule has 0 aliphatic rings. The second-order valence-electron chi connectivity index (χ2n) is 2.59. The van der Waals surface area contributed by atoms with Crippen LogP contribution in [0.2, 0.25) is 0 Å². The molecule has 0 bridgehead atoms. The second kappa shape index (κ2) is 3.53. The summed E-state index contributed by atoms with van der Waals surface area (Å²) >= 11 is 0.224. The topological polar surface area (TPSA) is 72.6 Å². The van der Waals surface area contributed by atoms with Crippen LogP contribution < -0.4 is 0 Å². The molecule has 1 unspecified atom stereocenters. The minimum atomic E-state index is -1.09. The lowest BCUT2D eigenvalue weighted by atomic mass is 10.3. The van der Waals surface area contributed by atoms with E-state index in [4.69, 9.17) is 5.26 Å². The first kappa shape index (κ1) is 9.40. The minimum absolute atomic E-state index is 0.495. The van der Waals surface area contributed by atoms with E-state index in [-0.39, 0.29) is 0 Å². The van der Waals surface area contributed by atoms with Crippen molar-refractivity contribution in [3.8, 4) is 6.07 Å². The van der Waals surface area contributed by atoms with Gasteiger partial charge < -0.3 is 4.55 Å². The van der Waals surface area contributed by atoms with Crippen LogP contribution in [0.25, 0.3) is 10.3 Å². The average Bonchev–Trinajstić information content (AvgIpc) is 2.59. The zero-order valence-corrected chi connectivity index (χ0v) is 8.85. The van der Waals surface area contributed by atoms with Gasteiger partial charge in [-0.1, -0.05) is 11.3 Å². The molecule has 0 saturated heterocycles. The van der Waals surface area contributed by atoms with Gasteiger partial charge in [-0.3, -0.25) is 0 Å². The van der Waals surface area contributed by atoms with E-state index in [0.29, 0.717) is 15.6 Å². The number of thiazole rings is 1. The van der Waals surface area contributed by atoms with Crippen LogP contribution in [0.1, 0.15) is 5.56 Å². The highest BCUT2D eigenvalue weighted by atomic mass is 32.2. The van der Waals surface area contributed by atoms with Gasteiger partial charge in [-0.25, -0.2) is 4.98 Å². The first-order valence-electron chi connectivity index (χ1n) is 3.71. The number of aromatic nitrogens is 2. The monoisotopic (exact) mass is 223 g/mol. The van der Waals surface area contributed by atoms with Gasteiger partial charge in [-0.05, 0) is 6.07 Å². The van der Waals surface area contributed by atoms with Crippen molar-refractivity contribution in [3.05, 3.63) is 17.8 Å². The summed E-state index contributed by atoms with van der Waals surface area (Å²) in [4.78, 5) is 8.08. The van der Waals surface area contributed by atoms with Gasteiger partial charge in [-0.15, -0.1) is 0 Å². The number of rotatable bonds is 1. The third-order valence-corrected chi connectivity index (χ3v) is 3.93. The summed E-state index contributed by atoms with van der Waals surface area (Å²) in [6, 6.07) is 3.70. The molecule has 2 heterocycles. The fourth-order valence-corrected chi connectivity index (χ4v) is 2.63. The van der Waals surface area contributed by atoms with Crippen molar-refractivity contribution in [3.63, 3.8) is 0 Å². The van der Waals surface area contributed by atoms with E-state index in [1.165, 1.54) is 17.5 Å². The molecule has 6 heteroatoms. The lowest BCUT2D eigenvalue weighted by molar-refractivity contribution is 0.600. The maximum Gasteiger partial charge on any atom is 0.303 e. The van der Waals surface area contributed by atoms with E-state index in [1.807, 2.05) is 6.07 Å². The molecule has 0 aliphatic carbocycles. The number of pyridine rings is 1. The molecule has 0 fully saturated rings. The molecule has 4 nitrogen and oxygen atoms in total. The lowest BCUT2D eigenvalue weighted by Gasteiger charge is -1.94. The van der Waals surface area contributed by atoms with Crippen molar-refractivity contribution < 1.29 is 4.55 Å². The maximum absolute atomic E-state index is 11.1. The molecule has 0 amide bonds. The molecule has 0 aliphatic heterocycles. The summed E-state index contributed by atoms with van der Waals surface area (Å²) in [5.41, 5.74) is 1.05. The van der Waals surface area contributed by atoms with Gasteiger partial charge in [0.15, 0.2) is 5.65 Å². The van der Waals surface area contributed by atoms with Gasteiger partial charge in [-0.2, -0.15) is 10.2 Å². The lowest BCUT2D eigenvalue weighted by Crippen LogP contribution is -1.95. The van der Waals surface area contributed by atoms with E-state index in [2.05, 4.69) is 9.97 Å². The quantitative estimate of drug-likeness (QED) is 0.683. The van der Waals surface area contributed by atoms with Crippen LogP contribution in [0, 0.1) is 11.3 Å². The Hall–Kier alpha value is -1.16. The number of nitrogens with zero attached hydrogens (tertiary/aromatic N) is 3. The summed E-state index contributed by atoms with van der Waals surface area (Å²) in [6.45, 7) is 0. The fourth-order valence-electron chi connectivity index (χ4n) is 0.984. The Morgan fingerprint density at radius 3 is 3.07 bits per heavy atom. The maximum atomic E-state index is 11.1. The van der Waals surface area contributed by atoms with Crippen LogP contribution in [0.3, 0.4) is 0 Å². The normalized spacial score (nSPS) is 12.6. The molecular formula is C8H5N3OS2. The fraction of sp³-hybridized carbons (Fsp3) is 0.125. The second-order valence-corrected chi connectivity index (χ2v) is 5.18. The predicted octanol–water partition coefficient (Wildman–Crippen LogP) is 1.30. The molecule has 1 atom stereocenters. The molecular weight excluding hydrogens is 218 g/mol. The largest absolute Gasteiger partial charge is 0.610 e. The third-order valence-electron chi connectivity index (χ3n) is 1.60. The summed E-state index contributed by atoms with van der Waals surface area (Å²) in [7, 11) is 0. The molecule has 2 aromatic rings. The zero-order chi connectivity index (χ0) is 10.1. The number of hydrogen-bond acceptors (Lipinski definition) is 5. The highest BCUT2D eigenvalue weighted by molar-refractivity contribution is 7.92. The molecule has 70 valence electrons. The molecule has 0 spiro atoms. The number of fused-ring (bicyclic) bond motifs is 1. The molecule has 0 N–H and O–H groups in total. The van der Waals surface area contributed by atoms with Gasteiger partial charge >= 0.3 is 4.34 Å². The highest BCUT2D eigenvalue weighted by Crippen LogP contribution is 2.24. The van der Waals surface area contributed by atoms with Gasteiger partial charge in [0.25, 0.3) is 0 Å². The first-order chi connectivity index (χ1) is 6.70. The van der Waals surface area contributed by atoms with E-state index < -0.39 is 11.2 Å². The van der Waals surface area contributed by atoms with Crippen molar-refractivity contribution in [2.75, 3.05) is 6.26 Å². The van der Waals surface area contributed by atoms with Crippen molar-refractivity contribution in [1.82, 2.24) is 9.97 Å². The minimum Gasteiger partial charge on any atom is -0.610 e. The smallest absolute Gasteiger partial charge is 0.303 e. The van der Waals surface area contributed by atoms with Crippen LogP contribution in [-0.4, -0.2) is 20.8 Å². The Bertz CT molecular complexity index is 515. The molecule has 0 aromatic carbocycles. The Morgan fingerprint density at radius 2 is 2.43 bits per heavy atom. The van der Waals surface area contributed by atoms with Gasteiger partial charge in [0, 0.05) is 17.4 Å². The SMILES string of the molecule is C[S+]([O-])c1nc2ncc(C#N)cc2s1. The molecule has 14 heavy (non-hydrogen) atoms. The van der Waals surface area contributed by atoms with Gasteiger partial charge in [0.2, 0.25) is 0 Å². The summed E-state index contributed by atoms with van der Waals surface area (Å²) in [6.07, 6.45) is 3.04. The average molecular weight is 223 g/mol. The van der Waals surface area contributed by atoms with Crippen molar-refractivity contribution >= 4 is 32.9 Å². The van der Waals surface area contributed by atoms with Gasteiger partial charge in [0.05, 0.1) is 10.3 Å². The van der Waals surface area contributed by atoms with Crippen molar-refractivity contribution in [1.29, 1.82) is 5.26 Å². The third kappa shape index (κ3) is 1.57. The molecule has 2 aromatic heterocycles. The highest BCUT2D eigenvalue weighted by Gasteiger charge is 2.12. The first-order valence-corrected chi connectivity index (χ1v) is 6.08. The van der Waals surface area contributed by atoms with Crippen molar-refractivity contribution in [2.24, 2.45) is 0 Å². The Kier molecular flexibility index (Phi) is 2.37. The van der Waals surface area contributed by atoms with Crippen molar-refractivity contribution in [2.45, 2.75) is 4.34 Å². The van der Waals surface area contributed by atoms with Crippen LogP contribution in [-0.2, 0) is 11.2 Å². The van der Waals surface area contributed by atoms with Crippen LogP contribution in [0.4, 0.5) is 0 Å². The zero-order valence-electron chi connectivity index (χ0n) is 7.22. The van der Waals surface area contributed by atoms with Crippen LogP contribution in [0.5, 0.6) is 0 Å². The predicted molar refractivity (Wildman–Crippen MR) is 54.5 cm³/mol. The van der Waals surface area contributed by atoms with E-state index in [1.54, 1.807) is 12.3 Å². The molecule has 0 radical (unpaired) electrons. The Balaban J connectivity index is 2.61. The van der Waals surface area contributed by atoms with Crippen LogP contribution >= 0.6 is 11.3 Å². The van der Waals surface area contributed by atoms with Gasteiger partial charge in [0.1, 0.15) is 12.3 Å². The summed E-state index contributed by atoms with van der Waals surface area (Å²) in [5.74, 6) is 0. The number of nitriles is 1. The summed E-state index contributed by atoms with van der Waals surface area (Å²) < 4.78 is 12.5. The molecule has 0 saturated carbocycles. The van der Waals surface area contributed by atoms with Crippen LogP contribution in [0.15, 0.2) is 16.6 Å².